The van der Waals surface area contributed by atoms with E-state index < -0.39 is 5.91 Å². The Hall–Kier alpha value is -4.15. The highest BCUT2D eigenvalue weighted by molar-refractivity contribution is 5.84. The van der Waals surface area contributed by atoms with Gasteiger partial charge in [-0.3, -0.25) is 14.9 Å². The summed E-state index contributed by atoms with van der Waals surface area (Å²) in [6.45, 7) is 3.63. The number of hydrogen-bond donors (Lipinski definition) is 1. The molecule has 1 amide bonds. The van der Waals surface area contributed by atoms with E-state index in [9.17, 15) is 14.9 Å². The minimum absolute atomic E-state index is 0.0279. The number of aromatic nitrogens is 4. The van der Waals surface area contributed by atoms with Gasteiger partial charge in [-0.1, -0.05) is 43.3 Å². The fourth-order valence-corrected chi connectivity index (χ4v) is 3.64. The van der Waals surface area contributed by atoms with E-state index in [2.05, 4.69) is 37.8 Å². The number of tetrazole rings is 1. The van der Waals surface area contributed by atoms with Crippen molar-refractivity contribution in [1.29, 1.82) is 0 Å². The molecular formula is C22H24N8O3. The van der Waals surface area contributed by atoms with E-state index in [-0.39, 0.29) is 17.2 Å². The summed E-state index contributed by atoms with van der Waals surface area (Å²) in [6.07, 6.45) is 3.40. The molecule has 0 saturated carbocycles. The lowest BCUT2D eigenvalue weighted by molar-refractivity contribution is -0.384. The van der Waals surface area contributed by atoms with Crippen molar-refractivity contribution in [1.82, 2.24) is 25.6 Å². The molecule has 1 N–H and O–H groups in total. The van der Waals surface area contributed by atoms with Gasteiger partial charge in [0.15, 0.2) is 0 Å². The second kappa shape index (κ2) is 9.98. The van der Waals surface area contributed by atoms with Gasteiger partial charge in [0.1, 0.15) is 12.2 Å². The molecule has 0 spiro atoms. The Morgan fingerprint density at radius 2 is 2.00 bits per heavy atom. The van der Waals surface area contributed by atoms with Crippen LogP contribution < -0.4 is 10.3 Å². The van der Waals surface area contributed by atoms with Crippen LogP contribution in [-0.4, -0.2) is 50.3 Å². The van der Waals surface area contributed by atoms with E-state index >= 15 is 0 Å². The zero-order valence-corrected chi connectivity index (χ0v) is 18.2. The maximum absolute atomic E-state index is 12.1. The Balaban J connectivity index is 1.37. The van der Waals surface area contributed by atoms with Gasteiger partial charge in [0.05, 0.1) is 11.1 Å². The average Bonchev–Trinajstić information content (AvgIpc) is 3.28. The van der Waals surface area contributed by atoms with Crippen LogP contribution in [0.2, 0.25) is 0 Å². The van der Waals surface area contributed by atoms with Crippen molar-refractivity contribution >= 4 is 23.5 Å². The van der Waals surface area contributed by atoms with E-state index in [1.807, 2.05) is 30.3 Å². The molecule has 1 aromatic heterocycles. The molecule has 1 aliphatic heterocycles. The van der Waals surface area contributed by atoms with Gasteiger partial charge < -0.3 is 4.90 Å². The summed E-state index contributed by atoms with van der Waals surface area (Å²) in [6, 6.07) is 14.3. The number of benzene rings is 2. The number of hydrogen-bond acceptors (Lipinski definition) is 8. The topological polar surface area (TPSA) is 131 Å². The number of anilines is 1. The van der Waals surface area contributed by atoms with Gasteiger partial charge in [-0.25, -0.2) is 5.43 Å². The largest absolute Gasteiger partial charge is 0.366 e. The van der Waals surface area contributed by atoms with Crippen molar-refractivity contribution < 1.29 is 9.72 Å². The predicted octanol–water partition coefficient (Wildman–Crippen LogP) is 2.63. The third-order valence-corrected chi connectivity index (χ3v) is 5.49. The van der Waals surface area contributed by atoms with E-state index in [0.29, 0.717) is 23.0 Å². The quantitative estimate of drug-likeness (QED) is 0.334. The Labute approximate surface area is 190 Å². The van der Waals surface area contributed by atoms with Gasteiger partial charge in [-0.15, -0.1) is 10.2 Å². The number of nitro benzene ring substituents is 1. The van der Waals surface area contributed by atoms with Crippen LogP contribution in [0.5, 0.6) is 0 Å². The van der Waals surface area contributed by atoms with Crippen molar-refractivity contribution in [2.75, 3.05) is 18.0 Å². The lowest BCUT2D eigenvalue weighted by Crippen LogP contribution is -2.33. The summed E-state index contributed by atoms with van der Waals surface area (Å²) < 4.78 is 0. The van der Waals surface area contributed by atoms with Gasteiger partial charge >= 0.3 is 0 Å². The van der Waals surface area contributed by atoms with Crippen LogP contribution >= 0.6 is 0 Å². The molecule has 11 heteroatoms. The standard InChI is InChI=1S/C22H24N8O3/c1-16-9-11-28(12-10-16)19-8-7-17(13-20(19)30(32)33)14-23-24-21(31)15-29-26-22(25-27-29)18-5-3-2-4-6-18/h2-8,13-14,16H,9-12,15H2,1H3,(H,24,31)/b23-14-. The summed E-state index contributed by atoms with van der Waals surface area (Å²) in [5, 5.41) is 27.5. The van der Waals surface area contributed by atoms with Crippen LogP contribution in [0.15, 0.2) is 53.6 Å². The number of nitrogens with zero attached hydrogens (tertiary/aromatic N) is 7. The molecule has 0 bridgehead atoms. The van der Waals surface area contributed by atoms with Crippen molar-refractivity contribution in [3.05, 3.63) is 64.2 Å². The van der Waals surface area contributed by atoms with Crippen LogP contribution in [0.4, 0.5) is 11.4 Å². The lowest BCUT2D eigenvalue weighted by atomic mass is 9.98. The van der Waals surface area contributed by atoms with Crippen LogP contribution in [0.3, 0.4) is 0 Å². The first-order valence-corrected chi connectivity index (χ1v) is 10.7. The third kappa shape index (κ3) is 5.56. The number of rotatable bonds is 7. The SMILES string of the molecule is CC1CCN(c2ccc(/C=N\NC(=O)Cn3nnc(-c4ccccc4)n3)cc2[N+](=O)[O-])CC1. The highest BCUT2D eigenvalue weighted by atomic mass is 16.6. The van der Waals surface area contributed by atoms with Crippen molar-refractivity contribution in [3.63, 3.8) is 0 Å². The van der Waals surface area contributed by atoms with Gasteiger partial charge in [0.25, 0.3) is 11.6 Å². The Bertz CT molecular complexity index is 1150. The van der Waals surface area contributed by atoms with Crippen molar-refractivity contribution in [3.8, 4) is 11.4 Å². The summed E-state index contributed by atoms with van der Waals surface area (Å²) in [5.74, 6) is 0.604. The second-order valence-electron chi connectivity index (χ2n) is 7.98. The minimum atomic E-state index is -0.447. The molecule has 1 saturated heterocycles. The summed E-state index contributed by atoms with van der Waals surface area (Å²) in [4.78, 5) is 26.6. The number of hydrazone groups is 1. The minimum Gasteiger partial charge on any atom is -0.366 e. The molecule has 1 aliphatic rings. The number of carbonyl (C=O) groups is 1. The molecule has 0 aliphatic carbocycles. The molecule has 33 heavy (non-hydrogen) atoms. The zero-order valence-electron chi connectivity index (χ0n) is 18.2. The molecule has 0 atom stereocenters. The number of carbonyl (C=O) groups excluding carboxylic acids is 1. The van der Waals surface area contributed by atoms with E-state index in [1.54, 1.807) is 12.1 Å². The Kier molecular flexibility index (Phi) is 6.67. The zero-order chi connectivity index (χ0) is 23.2. The summed E-state index contributed by atoms with van der Waals surface area (Å²) in [7, 11) is 0. The van der Waals surface area contributed by atoms with E-state index in [0.717, 1.165) is 31.5 Å². The molecule has 0 unspecified atom stereocenters. The van der Waals surface area contributed by atoms with Gasteiger partial charge in [-0.2, -0.15) is 9.90 Å². The first-order valence-electron chi connectivity index (χ1n) is 10.7. The van der Waals surface area contributed by atoms with Crippen LogP contribution in [0.1, 0.15) is 25.3 Å². The maximum Gasteiger partial charge on any atom is 0.293 e. The fourth-order valence-electron chi connectivity index (χ4n) is 3.64. The first-order chi connectivity index (χ1) is 16.0. The molecular weight excluding hydrogens is 424 g/mol. The molecule has 11 nitrogen and oxygen atoms in total. The molecule has 170 valence electrons. The molecule has 4 rings (SSSR count). The molecule has 2 aromatic carbocycles. The highest BCUT2D eigenvalue weighted by Crippen LogP contribution is 2.32. The lowest BCUT2D eigenvalue weighted by Gasteiger charge is -2.31. The monoisotopic (exact) mass is 448 g/mol. The Morgan fingerprint density at radius 3 is 2.73 bits per heavy atom. The molecule has 1 fully saturated rings. The number of amides is 1. The predicted molar refractivity (Wildman–Crippen MR) is 123 cm³/mol. The van der Waals surface area contributed by atoms with E-state index in [4.69, 9.17) is 0 Å². The second-order valence-corrected chi connectivity index (χ2v) is 7.98. The first kappa shape index (κ1) is 22.1. The highest BCUT2D eigenvalue weighted by Gasteiger charge is 2.23. The summed E-state index contributed by atoms with van der Waals surface area (Å²) in [5.41, 5.74) is 4.33. The third-order valence-electron chi connectivity index (χ3n) is 5.49. The number of nitro groups is 1. The van der Waals surface area contributed by atoms with Crippen LogP contribution in [-0.2, 0) is 11.3 Å². The maximum atomic E-state index is 12.1. The van der Waals surface area contributed by atoms with Crippen LogP contribution in [0.25, 0.3) is 11.4 Å². The molecule has 3 aromatic rings. The van der Waals surface area contributed by atoms with Crippen molar-refractivity contribution in [2.24, 2.45) is 11.0 Å². The average molecular weight is 448 g/mol. The number of nitrogens with one attached hydrogen (secondary N) is 1. The van der Waals surface area contributed by atoms with Gasteiger partial charge in [0.2, 0.25) is 5.82 Å². The molecule has 0 radical (unpaired) electrons. The van der Waals surface area contributed by atoms with E-state index in [1.165, 1.54) is 17.1 Å². The Morgan fingerprint density at radius 1 is 1.24 bits per heavy atom. The van der Waals surface area contributed by atoms with Crippen molar-refractivity contribution in [2.45, 2.75) is 26.3 Å². The summed E-state index contributed by atoms with van der Waals surface area (Å²) >= 11 is 0. The fraction of sp³-hybridized carbons (Fsp3) is 0.318. The molecule has 2 heterocycles. The number of piperidine rings is 1. The van der Waals surface area contributed by atoms with Gasteiger partial charge in [-0.05, 0) is 30.0 Å². The van der Waals surface area contributed by atoms with Gasteiger partial charge in [0, 0.05) is 30.3 Å². The smallest absolute Gasteiger partial charge is 0.293 e. The van der Waals surface area contributed by atoms with Crippen LogP contribution in [0, 0.1) is 16.0 Å². The normalized spacial score (nSPS) is 14.5.